The third-order valence-corrected chi connectivity index (χ3v) is 7.55. The van der Waals surface area contributed by atoms with E-state index in [1.54, 1.807) is 0 Å². The predicted molar refractivity (Wildman–Crippen MR) is 134 cm³/mol. The van der Waals surface area contributed by atoms with Crippen molar-refractivity contribution >= 4 is 0 Å². The lowest BCUT2D eigenvalue weighted by molar-refractivity contribution is 0.123. The Morgan fingerprint density at radius 3 is 0.971 bits per heavy atom. The molecule has 0 amide bonds. The Hall–Kier alpha value is -3.98. The first kappa shape index (κ1) is 19.5. The van der Waals surface area contributed by atoms with Crippen molar-refractivity contribution in [1.29, 1.82) is 0 Å². The van der Waals surface area contributed by atoms with Crippen molar-refractivity contribution in [2.75, 3.05) is 0 Å². The van der Waals surface area contributed by atoms with Gasteiger partial charge in [0.05, 0.1) is 0 Å². The van der Waals surface area contributed by atoms with Crippen LogP contribution in [0.4, 0.5) is 0 Å². The summed E-state index contributed by atoms with van der Waals surface area (Å²) in [5.41, 5.74) is 6.55. The van der Waals surface area contributed by atoms with Gasteiger partial charge in [0.15, 0.2) is 0 Å². The molecule has 0 unspecified atom stereocenters. The highest BCUT2D eigenvalue weighted by Crippen LogP contribution is 2.53. The molecule has 162 valence electrons. The van der Waals surface area contributed by atoms with Crippen LogP contribution in [0.3, 0.4) is 0 Å². The largest absolute Gasteiger partial charge is 0.376 e. The van der Waals surface area contributed by atoms with Gasteiger partial charge in [-0.25, -0.2) is 0 Å². The van der Waals surface area contributed by atoms with Crippen LogP contribution >= 0.6 is 0 Å². The summed E-state index contributed by atoms with van der Waals surface area (Å²) < 4.78 is 0. The van der Waals surface area contributed by atoms with Gasteiger partial charge in [-0.05, 0) is 39.4 Å². The molecule has 2 nitrogen and oxygen atoms in total. The summed E-state index contributed by atoms with van der Waals surface area (Å²) in [5, 5.41) is 24.7. The molecule has 7 rings (SSSR count). The minimum Gasteiger partial charge on any atom is -0.376 e. The number of hydrogen-bond acceptors (Lipinski definition) is 2. The Morgan fingerprint density at radius 2 is 0.647 bits per heavy atom. The van der Waals surface area contributed by atoms with Crippen molar-refractivity contribution < 1.29 is 10.2 Å². The van der Waals surface area contributed by atoms with Crippen LogP contribution in [-0.2, 0) is 11.2 Å². The molecule has 0 saturated carbocycles. The minimum atomic E-state index is -1.29. The summed E-state index contributed by atoms with van der Waals surface area (Å²) in [6.45, 7) is 0. The lowest BCUT2D eigenvalue weighted by Gasteiger charge is -2.31. The maximum Gasteiger partial charge on any atom is 0.141 e. The van der Waals surface area contributed by atoms with Gasteiger partial charge in [0.2, 0.25) is 0 Å². The standard InChI is InChI=1S/C32H22O2/c33-31(27-16-5-1-12-23(27)24-13-2-6-17-28(24)31)21-10-9-11-22(20-21)32(34)29-18-7-3-14-25(29)26-15-4-8-19-30(26)32/h1-20,33-34H. The fourth-order valence-electron chi connectivity index (χ4n) is 6.02. The Kier molecular flexibility index (Phi) is 3.88. The van der Waals surface area contributed by atoms with Gasteiger partial charge in [-0.15, -0.1) is 0 Å². The van der Waals surface area contributed by atoms with E-state index < -0.39 is 11.2 Å². The fraction of sp³-hybridized carbons (Fsp3) is 0.0625. The van der Waals surface area contributed by atoms with Crippen LogP contribution < -0.4 is 0 Å². The van der Waals surface area contributed by atoms with E-state index in [1.807, 2.05) is 97.1 Å². The molecule has 0 radical (unpaired) electrons. The maximum atomic E-state index is 12.3. The van der Waals surface area contributed by atoms with E-state index >= 15 is 0 Å². The Labute approximate surface area is 198 Å². The first-order chi connectivity index (χ1) is 16.6. The molecule has 2 aliphatic rings. The molecule has 34 heavy (non-hydrogen) atoms. The summed E-state index contributed by atoms with van der Waals surface area (Å²) >= 11 is 0. The average Bonchev–Trinajstić information content (AvgIpc) is 3.33. The predicted octanol–water partition coefficient (Wildman–Crippen LogP) is 6.22. The third-order valence-electron chi connectivity index (χ3n) is 7.55. The van der Waals surface area contributed by atoms with Crippen LogP contribution in [0.5, 0.6) is 0 Å². The monoisotopic (exact) mass is 438 g/mol. The fourth-order valence-corrected chi connectivity index (χ4v) is 6.02. The number of hydrogen-bond donors (Lipinski definition) is 2. The number of benzene rings is 5. The SMILES string of the molecule is OC1(c2cccc(C3(O)c4ccccc4-c4ccccc43)c2)c2ccccc2-c2ccccc21. The molecule has 0 spiro atoms. The Morgan fingerprint density at radius 1 is 0.353 bits per heavy atom. The van der Waals surface area contributed by atoms with E-state index in [9.17, 15) is 10.2 Å². The van der Waals surface area contributed by atoms with Crippen molar-refractivity contribution in [3.63, 3.8) is 0 Å². The van der Waals surface area contributed by atoms with Crippen molar-refractivity contribution in [3.8, 4) is 22.3 Å². The number of aliphatic hydroxyl groups is 2. The zero-order chi connectivity index (χ0) is 22.9. The zero-order valence-corrected chi connectivity index (χ0v) is 18.4. The topological polar surface area (TPSA) is 40.5 Å². The van der Waals surface area contributed by atoms with E-state index in [0.717, 1.165) is 55.6 Å². The van der Waals surface area contributed by atoms with Gasteiger partial charge in [-0.3, -0.25) is 0 Å². The lowest BCUT2D eigenvalue weighted by atomic mass is 9.79. The highest BCUT2D eigenvalue weighted by Gasteiger charge is 2.46. The highest BCUT2D eigenvalue weighted by atomic mass is 16.3. The first-order valence-corrected chi connectivity index (χ1v) is 11.6. The normalized spacial score (nSPS) is 15.8. The first-order valence-electron chi connectivity index (χ1n) is 11.6. The Balaban J connectivity index is 1.48. The number of rotatable bonds is 2. The molecule has 0 heterocycles. The summed E-state index contributed by atoms with van der Waals surface area (Å²) in [7, 11) is 0. The van der Waals surface area contributed by atoms with Crippen molar-refractivity contribution in [2.24, 2.45) is 0 Å². The van der Waals surface area contributed by atoms with E-state index in [-0.39, 0.29) is 0 Å². The van der Waals surface area contributed by atoms with Gasteiger partial charge < -0.3 is 10.2 Å². The van der Waals surface area contributed by atoms with Gasteiger partial charge in [0, 0.05) is 22.3 Å². The van der Waals surface area contributed by atoms with Crippen LogP contribution in [0.25, 0.3) is 22.3 Å². The molecule has 0 saturated heterocycles. The molecular weight excluding hydrogens is 416 g/mol. The third kappa shape index (κ3) is 2.31. The molecular formula is C32H22O2. The highest BCUT2D eigenvalue weighted by molar-refractivity contribution is 5.84. The average molecular weight is 439 g/mol. The second kappa shape index (κ2) is 6.77. The maximum absolute atomic E-state index is 12.3. The smallest absolute Gasteiger partial charge is 0.141 e. The van der Waals surface area contributed by atoms with E-state index in [2.05, 4.69) is 24.3 Å². The van der Waals surface area contributed by atoms with Crippen molar-refractivity contribution in [1.82, 2.24) is 0 Å². The summed E-state index contributed by atoms with van der Waals surface area (Å²) in [6, 6.07) is 40.0. The molecule has 2 heteroatoms. The molecule has 0 aromatic heterocycles. The molecule has 2 aliphatic carbocycles. The molecule has 0 bridgehead atoms. The van der Waals surface area contributed by atoms with Crippen LogP contribution in [0.2, 0.25) is 0 Å². The van der Waals surface area contributed by atoms with Crippen LogP contribution in [0, 0.1) is 0 Å². The van der Waals surface area contributed by atoms with Crippen LogP contribution in [0.1, 0.15) is 33.4 Å². The van der Waals surface area contributed by atoms with Crippen molar-refractivity contribution in [3.05, 3.63) is 155 Å². The van der Waals surface area contributed by atoms with Crippen LogP contribution in [-0.4, -0.2) is 10.2 Å². The molecule has 0 fully saturated rings. The summed E-state index contributed by atoms with van der Waals surface area (Å²) in [5.74, 6) is 0. The van der Waals surface area contributed by atoms with E-state index in [4.69, 9.17) is 0 Å². The molecule has 5 aromatic rings. The molecule has 0 aliphatic heterocycles. The molecule has 2 N–H and O–H groups in total. The summed E-state index contributed by atoms with van der Waals surface area (Å²) in [6.07, 6.45) is 0. The molecule has 5 aromatic carbocycles. The van der Waals surface area contributed by atoms with Gasteiger partial charge in [0.1, 0.15) is 11.2 Å². The van der Waals surface area contributed by atoms with E-state index in [1.165, 1.54) is 0 Å². The number of fused-ring (bicyclic) bond motifs is 6. The second-order valence-electron chi connectivity index (χ2n) is 9.18. The lowest BCUT2D eigenvalue weighted by Crippen LogP contribution is -2.29. The van der Waals surface area contributed by atoms with Gasteiger partial charge in [0.25, 0.3) is 0 Å². The van der Waals surface area contributed by atoms with Crippen molar-refractivity contribution in [2.45, 2.75) is 11.2 Å². The quantitative estimate of drug-likeness (QED) is 0.344. The Bertz CT molecular complexity index is 1390. The van der Waals surface area contributed by atoms with Gasteiger partial charge in [-0.2, -0.15) is 0 Å². The zero-order valence-electron chi connectivity index (χ0n) is 18.4. The van der Waals surface area contributed by atoms with Crippen LogP contribution in [0.15, 0.2) is 121 Å². The molecule has 0 atom stereocenters. The second-order valence-corrected chi connectivity index (χ2v) is 9.18. The minimum absolute atomic E-state index is 0.748. The van der Waals surface area contributed by atoms with Gasteiger partial charge in [-0.1, -0.05) is 115 Å². The van der Waals surface area contributed by atoms with Gasteiger partial charge >= 0.3 is 0 Å². The van der Waals surface area contributed by atoms with E-state index in [0.29, 0.717) is 0 Å². The summed E-state index contributed by atoms with van der Waals surface area (Å²) in [4.78, 5) is 0.